The van der Waals surface area contributed by atoms with Crippen molar-refractivity contribution in [3.63, 3.8) is 0 Å². The maximum atomic E-state index is 12.8. The molecule has 2 saturated heterocycles. The molecular weight excluding hydrogens is 441 g/mol. The highest BCUT2D eigenvalue weighted by Crippen LogP contribution is 2.34. The average molecular weight is 467 g/mol. The van der Waals surface area contributed by atoms with Gasteiger partial charge in [-0.05, 0) is 49.4 Å². The number of nitrogens with zero attached hydrogens (tertiary/aromatic N) is 3. The van der Waals surface area contributed by atoms with Crippen LogP contribution in [0.15, 0.2) is 36.5 Å². The van der Waals surface area contributed by atoms with Gasteiger partial charge in [0.15, 0.2) is 0 Å². The summed E-state index contributed by atoms with van der Waals surface area (Å²) in [5, 5.41) is 2.98. The number of carbonyl (C=O) groups is 1. The molecule has 32 heavy (non-hydrogen) atoms. The number of hydrogen-bond acceptors (Lipinski definition) is 4. The molecule has 0 radical (unpaired) electrons. The van der Waals surface area contributed by atoms with Gasteiger partial charge in [0.2, 0.25) is 5.91 Å². The number of anilines is 2. The van der Waals surface area contributed by atoms with Crippen molar-refractivity contribution in [3.8, 4) is 0 Å². The summed E-state index contributed by atoms with van der Waals surface area (Å²) in [5.74, 6) is 0.194. The van der Waals surface area contributed by atoms with Crippen LogP contribution in [0, 0.1) is 5.92 Å². The molecule has 1 amide bonds. The van der Waals surface area contributed by atoms with Gasteiger partial charge in [-0.1, -0.05) is 23.7 Å². The zero-order valence-corrected chi connectivity index (χ0v) is 18.4. The summed E-state index contributed by atoms with van der Waals surface area (Å²) in [6, 6.07) is 9.21. The predicted octanol–water partition coefficient (Wildman–Crippen LogP) is 4.89. The fraction of sp³-hybridized carbons (Fsp3) is 0.478. The fourth-order valence-electron chi connectivity index (χ4n) is 4.31. The third kappa shape index (κ3) is 5.28. The summed E-state index contributed by atoms with van der Waals surface area (Å²) in [7, 11) is 0. The van der Waals surface area contributed by atoms with Crippen LogP contribution in [0.3, 0.4) is 0 Å². The third-order valence-corrected chi connectivity index (χ3v) is 6.47. The van der Waals surface area contributed by atoms with E-state index < -0.39 is 11.7 Å². The van der Waals surface area contributed by atoms with Gasteiger partial charge in [-0.2, -0.15) is 13.2 Å². The summed E-state index contributed by atoms with van der Waals surface area (Å²) in [4.78, 5) is 20.7. The van der Waals surface area contributed by atoms with E-state index in [0.717, 1.165) is 30.9 Å². The topological polar surface area (TPSA) is 48.5 Å². The molecule has 4 rings (SSSR count). The number of benzene rings is 1. The second kappa shape index (κ2) is 9.57. The number of rotatable bonds is 5. The normalized spacial score (nSPS) is 17.6. The number of piperidine rings is 1. The van der Waals surface area contributed by atoms with E-state index in [4.69, 9.17) is 11.6 Å². The molecule has 0 bridgehead atoms. The van der Waals surface area contributed by atoms with E-state index in [1.54, 1.807) is 0 Å². The zero-order chi connectivity index (χ0) is 22.7. The molecule has 1 aromatic heterocycles. The highest BCUT2D eigenvalue weighted by Gasteiger charge is 2.33. The molecule has 2 aliphatic heterocycles. The third-order valence-electron chi connectivity index (χ3n) is 6.19. The van der Waals surface area contributed by atoms with E-state index in [1.807, 2.05) is 4.90 Å². The summed E-state index contributed by atoms with van der Waals surface area (Å²) >= 11 is 6.05. The largest absolute Gasteiger partial charge is 0.417 e. The lowest BCUT2D eigenvalue weighted by Crippen LogP contribution is -2.40. The Morgan fingerprint density at radius 3 is 2.31 bits per heavy atom. The molecule has 0 atom stereocenters. The molecule has 9 heteroatoms. The van der Waals surface area contributed by atoms with Crippen molar-refractivity contribution in [1.82, 2.24) is 10.3 Å². The molecule has 0 spiro atoms. The van der Waals surface area contributed by atoms with E-state index in [0.29, 0.717) is 38.3 Å². The average Bonchev–Trinajstić information content (AvgIpc) is 3.32. The minimum Gasteiger partial charge on any atom is -0.372 e. The first-order chi connectivity index (χ1) is 15.3. The van der Waals surface area contributed by atoms with Crippen LogP contribution >= 0.6 is 11.6 Å². The van der Waals surface area contributed by atoms with Gasteiger partial charge in [-0.3, -0.25) is 4.79 Å². The first kappa shape index (κ1) is 22.7. The van der Waals surface area contributed by atoms with Crippen molar-refractivity contribution in [2.24, 2.45) is 5.92 Å². The Balaban J connectivity index is 1.26. The molecule has 2 aliphatic rings. The number of pyridine rings is 1. The number of alkyl halides is 3. The maximum Gasteiger partial charge on any atom is 0.417 e. The summed E-state index contributed by atoms with van der Waals surface area (Å²) in [5.41, 5.74) is 1.41. The Hall–Kier alpha value is -2.48. The Morgan fingerprint density at radius 1 is 1.06 bits per heavy atom. The van der Waals surface area contributed by atoms with Gasteiger partial charge in [0.05, 0.1) is 10.6 Å². The Labute approximate surface area is 190 Å². The molecule has 0 saturated carbocycles. The number of carbonyl (C=O) groups excluding carboxylic acids is 1. The Kier molecular flexibility index (Phi) is 6.79. The molecule has 2 fully saturated rings. The lowest BCUT2D eigenvalue weighted by atomic mass is 9.95. The van der Waals surface area contributed by atoms with Crippen molar-refractivity contribution in [2.45, 2.75) is 38.4 Å². The van der Waals surface area contributed by atoms with Crippen LogP contribution in [-0.4, -0.2) is 37.1 Å². The second-order valence-electron chi connectivity index (χ2n) is 8.37. The highest BCUT2D eigenvalue weighted by molar-refractivity contribution is 6.33. The lowest BCUT2D eigenvalue weighted by molar-refractivity contribution is -0.137. The van der Waals surface area contributed by atoms with E-state index in [9.17, 15) is 18.0 Å². The van der Waals surface area contributed by atoms with Crippen molar-refractivity contribution in [3.05, 3.63) is 52.7 Å². The van der Waals surface area contributed by atoms with Crippen LogP contribution in [0.1, 0.15) is 36.8 Å². The van der Waals surface area contributed by atoms with Gasteiger partial charge < -0.3 is 15.1 Å². The smallest absolute Gasteiger partial charge is 0.372 e. The molecule has 1 N–H and O–H groups in total. The Bertz CT molecular complexity index is 937. The maximum absolute atomic E-state index is 12.8. The first-order valence-corrected chi connectivity index (χ1v) is 11.3. The van der Waals surface area contributed by atoms with E-state index >= 15 is 0 Å². The minimum absolute atomic E-state index is 0.000236. The minimum atomic E-state index is -4.48. The molecular formula is C23H26ClF3N4O. The highest BCUT2D eigenvalue weighted by atomic mass is 35.5. The van der Waals surface area contributed by atoms with E-state index in [-0.39, 0.29) is 16.8 Å². The van der Waals surface area contributed by atoms with Crippen LogP contribution in [0.25, 0.3) is 0 Å². The molecule has 3 heterocycles. The molecule has 0 aliphatic carbocycles. The zero-order valence-electron chi connectivity index (χ0n) is 17.7. The van der Waals surface area contributed by atoms with Gasteiger partial charge in [-0.15, -0.1) is 0 Å². The summed E-state index contributed by atoms with van der Waals surface area (Å²) in [6.07, 6.45) is -0.0171. The van der Waals surface area contributed by atoms with E-state index in [1.165, 1.54) is 18.5 Å². The van der Waals surface area contributed by atoms with Crippen molar-refractivity contribution < 1.29 is 18.0 Å². The molecule has 2 aromatic rings. The number of hydrogen-bond donors (Lipinski definition) is 1. The molecule has 1 aromatic carbocycles. The van der Waals surface area contributed by atoms with Crippen LogP contribution in [0.2, 0.25) is 5.02 Å². The number of nitrogens with one attached hydrogen (secondary N) is 1. The van der Waals surface area contributed by atoms with Crippen LogP contribution < -0.4 is 15.1 Å². The molecule has 5 nitrogen and oxygen atoms in total. The monoisotopic (exact) mass is 466 g/mol. The van der Waals surface area contributed by atoms with Gasteiger partial charge >= 0.3 is 6.18 Å². The van der Waals surface area contributed by atoms with Gasteiger partial charge in [0.1, 0.15) is 5.82 Å². The number of amides is 1. The predicted molar refractivity (Wildman–Crippen MR) is 119 cm³/mol. The van der Waals surface area contributed by atoms with E-state index in [2.05, 4.69) is 39.5 Å². The van der Waals surface area contributed by atoms with Crippen molar-refractivity contribution in [1.29, 1.82) is 0 Å². The van der Waals surface area contributed by atoms with Crippen molar-refractivity contribution >= 4 is 29.0 Å². The van der Waals surface area contributed by atoms with Crippen LogP contribution in [0.5, 0.6) is 0 Å². The quantitative estimate of drug-likeness (QED) is 0.681. The number of halogens is 4. The summed E-state index contributed by atoms with van der Waals surface area (Å²) in [6.45, 7) is 3.71. The van der Waals surface area contributed by atoms with Gasteiger partial charge in [0, 0.05) is 50.5 Å². The summed E-state index contributed by atoms with van der Waals surface area (Å²) < 4.78 is 38.4. The van der Waals surface area contributed by atoms with Crippen LogP contribution in [0.4, 0.5) is 24.7 Å². The fourth-order valence-corrected chi connectivity index (χ4v) is 4.59. The number of aromatic nitrogens is 1. The molecule has 172 valence electrons. The second-order valence-corrected chi connectivity index (χ2v) is 8.77. The standard InChI is InChI=1S/C23H26ClF3N4O/c24-20-13-18(23(25,26)27)15-28-21(20)31-11-7-17(8-12-31)22(32)29-14-16-3-5-19(6-4-16)30-9-1-2-10-30/h3-6,13,15,17H,1-2,7-12,14H2,(H,29,32). The lowest BCUT2D eigenvalue weighted by Gasteiger charge is -2.32. The van der Waals surface area contributed by atoms with Gasteiger partial charge in [-0.25, -0.2) is 4.98 Å². The SMILES string of the molecule is O=C(NCc1ccc(N2CCCC2)cc1)C1CCN(c2ncc(C(F)(F)F)cc2Cl)CC1. The Morgan fingerprint density at radius 2 is 1.72 bits per heavy atom. The van der Waals surface area contributed by atoms with Crippen molar-refractivity contribution in [2.75, 3.05) is 36.0 Å². The van der Waals surface area contributed by atoms with Crippen LogP contribution in [-0.2, 0) is 17.5 Å². The van der Waals surface area contributed by atoms with Gasteiger partial charge in [0.25, 0.3) is 0 Å². The molecule has 0 unspecified atom stereocenters. The first-order valence-electron chi connectivity index (χ1n) is 10.9.